The van der Waals surface area contributed by atoms with Crippen LogP contribution in [0.1, 0.15) is 24.2 Å². The molecule has 0 saturated carbocycles. The molecule has 1 aromatic carbocycles. The quantitative estimate of drug-likeness (QED) is 0.764. The Morgan fingerprint density at radius 1 is 1.30 bits per heavy atom. The first kappa shape index (κ1) is 15.8. The molecule has 1 rings (SSSR count). The van der Waals surface area contributed by atoms with Gasteiger partial charge in [0.15, 0.2) is 5.78 Å². The van der Waals surface area contributed by atoms with E-state index in [-0.39, 0.29) is 18.2 Å². The Bertz CT molecular complexity index is 528. The third-order valence-electron chi connectivity index (χ3n) is 2.99. The van der Waals surface area contributed by atoms with Crippen LogP contribution in [0.3, 0.4) is 0 Å². The van der Waals surface area contributed by atoms with Crippen LogP contribution in [0.15, 0.2) is 24.3 Å². The van der Waals surface area contributed by atoms with Crippen LogP contribution < -0.4 is 5.32 Å². The zero-order chi connectivity index (χ0) is 15.3. The average Bonchev–Trinajstić information content (AvgIpc) is 2.37. The molecular formula is C14H18N2O4. The van der Waals surface area contributed by atoms with E-state index in [9.17, 15) is 14.4 Å². The van der Waals surface area contributed by atoms with Crippen LogP contribution in [-0.2, 0) is 9.59 Å². The molecular weight excluding hydrogens is 260 g/mol. The number of nitrogens with one attached hydrogen (secondary N) is 1. The number of rotatable bonds is 6. The molecule has 1 unspecified atom stereocenters. The summed E-state index contributed by atoms with van der Waals surface area (Å²) < 4.78 is 0. The molecule has 1 aromatic rings. The number of hydrogen-bond donors (Lipinski definition) is 2. The lowest BCUT2D eigenvalue weighted by Crippen LogP contribution is -2.40. The minimum atomic E-state index is -0.996. The number of amides is 1. The molecule has 1 atom stereocenters. The fraction of sp³-hybridized carbons (Fsp3) is 0.357. The minimum absolute atomic E-state index is 0.0697. The molecule has 0 aromatic heterocycles. The van der Waals surface area contributed by atoms with E-state index in [1.807, 2.05) is 0 Å². The van der Waals surface area contributed by atoms with E-state index < -0.39 is 12.0 Å². The molecule has 20 heavy (non-hydrogen) atoms. The van der Waals surface area contributed by atoms with Crippen LogP contribution >= 0.6 is 0 Å². The highest BCUT2D eigenvalue weighted by Crippen LogP contribution is 2.15. The predicted molar refractivity (Wildman–Crippen MR) is 74.8 cm³/mol. The Morgan fingerprint density at radius 3 is 2.45 bits per heavy atom. The van der Waals surface area contributed by atoms with Gasteiger partial charge in [-0.2, -0.15) is 0 Å². The summed E-state index contributed by atoms with van der Waals surface area (Å²) in [4.78, 5) is 35.5. The molecule has 0 heterocycles. The molecule has 2 N–H and O–H groups in total. The zero-order valence-electron chi connectivity index (χ0n) is 11.7. The molecule has 0 bridgehead atoms. The van der Waals surface area contributed by atoms with Gasteiger partial charge in [0.2, 0.25) is 5.91 Å². The molecule has 0 aliphatic rings. The lowest BCUT2D eigenvalue weighted by molar-refractivity contribution is -0.142. The van der Waals surface area contributed by atoms with E-state index in [4.69, 9.17) is 5.11 Å². The number of Topliss-reactive ketones (excluding diaryl/α,β-unsaturated/α-hetero) is 1. The number of hydrogen-bond acceptors (Lipinski definition) is 4. The van der Waals surface area contributed by atoms with Gasteiger partial charge < -0.3 is 10.4 Å². The maximum atomic E-state index is 11.9. The fourth-order valence-corrected chi connectivity index (χ4v) is 1.64. The van der Waals surface area contributed by atoms with Gasteiger partial charge in [0, 0.05) is 5.56 Å². The first-order valence-electron chi connectivity index (χ1n) is 6.15. The SMILES string of the molecule is CC(=O)c1ccccc1NC(=O)CN(C)C(C)C(=O)O. The van der Waals surface area contributed by atoms with Crippen molar-refractivity contribution in [3.05, 3.63) is 29.8 Å². The Hall–Kier alpha value is -2.21. The van der Waals surface area contributed by atoms with E-state index in [1.165, 1.54) is 18.7 Å². The summed E-state index contributed by atoms with van der Waals surface area (Å²) in [6, 6.07) is 5.93. The summed E-state index contributed by atoms with van der Waals surface area (Å²) in [5.74, 6) is -1.51. The highest BCUT2D eigenvalue weighted by atomic mass is 16.4. The Labute approximate surface area is 117 Å². The first-order chi connectivity index (χ1) is 9.32. The number of likely N-dealkylation sites (N-methyl/N-ethyl adjacent to an activating group) is 1. The van der Waals surface area contributed by atoms with Crippen LogP contribution in [0.5, 0.6) is 0 Å². The van der Waals surface area contributed by atoms with Crippen molar-refractivity contribution < 1.29 is 19.5 Å². The maximum Gasteiger partial charge on any atom is 0.320 e. The Kier molecular flexibility index (Phi) is 5.40. The van der Waals surface area contributed by atoms with Gasteiger partial charge in [0.05, 0.1) is 12.2 Å². The molecule has 6 nitrogen and oxygen atoms in total. The molecule has 0 aliphatic carbocycles. The van der Waals surface area contributed by atoms with E-state index in [0.29, 0.717) is 11.3 Å². The second-order valence-corrected chi connectivity index (χ2v) is 4.58. The van der Waals surface area contributed by atoms with Crippen molar-refractivity contribution in [3.8, 4) is 0 Å². The first-order valence-corrected chi connectivity index (χ1v) is 6.15. The highest BCUT2D eigenvalue weighted by Gasteiger charge is 2.19. The predicted octanol–water partition coefficient (Wildman–Crippen LogP) is 1.23. The Morgan fingerprint density at radius 2 is 1.90 bits per heavy atom. The van der Waals surface area contributed by atoms with E-state index >= 15 is 0 Å². The van der Waals surface area contributed by atoms with Crippen LogP contribution in [0.4, 0.5) is 5.69 Å². The van der Waals surface area contributed by atoms with Gasteiger partial charge in [-0.1, -0.05) is 12.1 Å². The van der Waals surface area contributed by atoms with E-state index in [2.05, 4.69) is 5.32 Å². The van der Waals surface area contributed by atoms with E-state index in [0.717, 1.165) is 0 Å². The number of carboxylic acids is 1. The van der Waals surface area contributed by atoms with Gasteiger partial charge in [0.25, 0.3) is 0 Å². The highest BCUT2D eigenvalue weighted by molar-refractivity contribution is 6.04. The van der Waals surface area contributed by atoms with Crippen molar-refractivity contribution >= 4 is 23.3 Å². The number of aliphatic carboxylic acids is 1. The third-order valence-corrected chi connectivity index (χ3v) is 2.99. The van der Waals surface area contributed by atoms with Crippen LogP contribution in [-0.4, -0.2) is 47.3 Å². The number of anilines is 1. The third kappa shape index (κ3) is 4.17. The number of nitrogens with zero attached hydrogens (tertiary/aromatic N) is 1. The van der Waals surface area contributed by atoms with Gasteiger partial charge in [0.1, 0.15) is 6.04 Å². The van der Waals surface area contributed by atoms with Crippen molar-refractivity contribution in [2.24, 2.45) is 0 Å². The number of carbonyl (C=O) groups is 3. The standard InChI is InChI=1S/C14H18N2O4/c1-9(14(19)20)16(3)8-13(18)15-12-7-5-4-6-11(12)10(2)17/h4-7,9H,8H2,1-3H3,(H,15,18)(H,19,20). The second-order valence-electron chi connectivity index (χ2n) is 4.58. The summed E-state index contributed by atoms with van der Waals surface area (Å²) in [5, 5.41) is 11.5. The van der Waals surface area contributed by atoms with Gasteiger partial charge in [-0.05, 0) is 33.0 Å². The number of para-hydroxylation sites is 1. The van der Waals surface area contributed by atoms with Gasteiger partial charge in [-0.3, -0.25) is 19.3 Å². The van der Waals surface area contributed by atoms with Crippen LogP contribution in [0.25, 0.3) is 0 Å². The zero-order valence-corrected chi connectivity index (χ0v) is 11.7. The molecule has 1 amide bonds. The van der Waals surface area contributed by atoms with Crippen molar-refractivity contribution in [2.45, 2.75) is 19.9 Å². The molecule has 6 heteroatoms. The van der Waals surface area contributed by atoms with Gasteiger partial charge >= 0.3 is 5.97 Å². The largest absolute Gasteiger partial charge is 0.480 e. The number of ketones is 1. The summed E-state index contributed by atoms with van der Waals surface area (Å²) in [6.07, 6.45) is 0. The Balaban J connectivity index is 2.72. The summed E-state index contributed by atoms with van der Waals surface area (Å²) in [5.41, 5.74) is 0.858. The van der Waals surface area contributed by atoms with Crippen LogP contribution in [0.2, 0.25) is 0 Å². The number of benzene rings is 1. The number of carbonyl (C=O) groups excluding carboxylic acids is 2. The van der Waals surface area contributed by atoms with Crippen molar-refractivity contribution in [1.82, 2.24) is 4.90 Å². The van der Waals surface area contributed by atoms with Crippen molar-refractivity contribution in [3.63, 3.8) is 0 Å². The van der Waals surface area contributed by atoms with Crippen LogP contribution in [0, 0.1) is 0 Å². The molecule has 0 spiro atoms. The monoisotopic (exact) mass is 278 g/mol. The molecule has 108 valence electrons. The minimum Gasteiger partial charge on any atom is -0.480 e. The maximum absolute atomic E-state index is 11.9. The molecule has 0 saturated heterocycles. The van der Waals surface area contributed by atoms with Crippen molar-refractivity contribution in [1.29, 1.82) is 0 Å². The van der Waals surface area contributed by atoms with E-state index in [1.54, 1.807) is 31.3 Å². The van der Waals surface area contributed by atoms with Gasteiger partial charge in [-0.25, -0.2) is 0 Å². The second kappa shape index (κ2) is 6.81. The fourth-order valence-electron chi connectivity index (χ4n) is 1.64. The molecule has 0 aliphatic heterocycles. The normalized spacial score (nSPS) is 12.0. The smallest absolute Gasteiger partial charge is 0.320 e. The molecule has 0 radical (unpaired) electrons. The van der Waals surface area contributed by atoms with Gasteiger partial charge in [-0.15, -0.1) is 0 Å². The average molecular weight is 278 g/mol. The number of carboxylic acid groups (broad SMARTS) is 1. The summed E-state index contributed by atoms with van der Waals surface area (Å²) in [7, 11) is 1.55. The topological polar surface area (TPSA) is 86.7 Å². The lowest BCUT2D eigenvalue weighted by atomic mass is 10.1. The van der Waals surface area contributed by atoms with Crippen molar-refractivity contribution in [2.75, 3.05) is 18.9 Å². The molecule has 0 fully saturated rings. The lowest BCUT2D eigenvalue weighted by Gasteiger charge is -2.20. The summed E-state index contributed by atoms with van der Waals surface area (Å²) in [6.45, 7) is 2.85. The summed E-state index contributed by atoms with van der Waals surface area (Å²) >= 11 is 0.